The molecule has 7 heteroatoms. The number of hydrogen-bond acceptors (Lipinski definition) is 4. The van der Waals surface area contributed by atoms with Crippen LogP contribution in [0.25, 0.3) is 6.08 Å². The van der Waals surface area contributed by atoms with Crippen LogP contribution < -0.4 is 10.2 Å². The number of benzene rings is 2. The van der Waals surface area contributed by atoms with E-state index in [2.05, 4.69) is 17.1 Å². The van der Waals surface area contributed by atoms with Gasteiger partial charge in [-0.15, -0.1) is 0 Å². The number of carbonyl (C=O) groups is 2. The number of anilines is 1. The Hall–Kier alpha value is -2.64. The molecule has 1 N–H and O–H groups in total. The van der Waals surface area contributed by atoms with E-state index < -0.39 is 0 Å². The lowest BCUT2D eigenvalue weighted by atomic mass is 10.00. The van der Waals surface area contributed by atoms with Crippen LogP contribution in [0.3, 0.4) is 0 Å². The minimum Gasteiger partial charge on any atom is -0.355 e. The van der Waals surface area contributed by atoms with Gasteiger partial charge in [0.2, 0.25) is 5.91 Å². The van der Waals surface area contributed by atoms with Crippen LogP contribution in [0.2, 0.25) is 0 Å². The molecule has 4 rings (SSSR count). The summed E-state index contributed by atoms with van der Waals surface area (Å²) in [5.41, 5.74) is 1.06. The molecule has 2 aliphatic rings. The van der Waals surface area contributed by atoms with Gasteiger partial charge in [0.15, 0.2) is 0 Å². The quantitative estimate of drug-likeness (QED) is 0.422. The molecule has 1 atom stereocenters. The number of rotatable bonds is 8. The van der Waals surface area contributed by atoms with Crippen LogP contribution >= 0.6 is 11.8 Å². The smallest absolute Gasteiger partial charge is 0.265 e. The third-order valence-corrected chi connectivity index (χ3v) is 7.57. The Morgan fingerprint density at radius 1 is 1.18 bits per heavy atom. The van der Waals surface area contributed by atoms with Crippen molar-refractivity contribution < 1.29 is 14.0 Å². The van der Waals surface area contributed by atoms with Gasteiger partial charge in [-0.3, -0.25) is 14.5 Å². The van der Waals surface area contributed by atoms with Crippen molar-refractivity contribution in [1.29, 1.82) is 0 Å². The fourth-order valence-electron chi connectivity index (χ4n) is 4.68. The number of carbonyl (C=O) groups excluding carboxylic acids is 2. The van der Waals surface area contributed by atoms with Gasteiger partial charge in [0.25, 0.3) is 5.91 Å². The molecule has 2 amide bonds. The van der Waals surface area contributed by atoms with Gasteiger partial charge in [0.05, 0.1) is 10.6 Å². The zero-order valence-corrected chi connectivity index (χ0v) is 20.5. The number of nitrogens with one attached hydrogen (secondary N) is 1. The zero-order chi connectivity index (χ0) is 23.9. The first-order chi connectivity index (χ1) is 16.6. The van der Waals surface area contributed by atoms with Crippen LogP contribution in [0.15, 0.2) is 58.3 Å². The largest absolute Gasteiger partial charge is 0.355 e. The summed E-state index contributed by atoms with van der Waals surface area (Å²) >= 11 is 1.31. The predicted molar refractivity (Wildman–Crippen MR) is 136 cm³/mol. The Morgan fingerprint density at radius 3 is 2.79 bits per heavy atom. The van der Waals surface area contributed by atoms with Crippen molar-refractivity contribution in [3.05, 3.63) is 64.8 Å². The minimum absolute atomic E-state index is 0.0632. The maximum Gasteiger partial charge on any atom is 0.265 e. The van der Waals surface area contributed by atoms with Crippen LogP contribution in [0.5, 0.6) is 0 Å². The summed E-state index contributed by atoms with van der Waals surface area (Å²) in [5.74, 6) is -0.863. The zero-order valence-electron chi connectivity index (χ0n) is 19.6. The molecule has 1 saturated heterocycles. The van der Waals surface area contributed by atoms with Crippen molar-refractivity contribution in [3.8, 4) is 0 Å². The van der Waals surface area contributed by atoms with Crippen molar-refractivity contribution in [3.63, 3.8) is 0 Å². The van der Waals surface area contributed by atoms with Crippen molar-refractivity contribution in [2.24, 2.45) is 0 Å². The van der Waals surface area contributed by atoms with E-state index in [0.29, 0.717) is 28.7 Å². The lowest BCUT2D eigenvalue weighted by Gasteiger charge is -2.35. The molecule has 0 aliphatic carbocycles. The molecule has 5 nitrogen and oxygen atoms in total. The second-order valence-corrected chi connectivity index (χ2v) is 9.87. The van der Waals surface area contributed by atoms with Crippen LogP contribution in [0, 0.1) is 5.82 Å². The average Bonchev–Trinajstić information content (AvgIpc) is 2.86. The van der Waals surface area contributed by atoms with E-state index in [-0.39, 0.29) is 24.2 Å². The summed E-state index contributed by atoms with van der Waals surface area (Å²) < 4.78 is 14.2. The molecule has 0 saturated carbocycles. The topological polar surface area (TPSA) is 52.7 Å². The van der Waals surface area contributed by atoms with Crippen molar-refractivity contribution >= 4 is 35.3 Å². The van der Waals surface area contributed by atoms with Gasteiger partial charge in [0, 0.05) is 29.6 Å². The summed E-state index contributed by atoms with van der Waals surface area (Å²) in [5, 5.41) is 2.98. The molecule has 0 bridgehead atoms. The number of likely N-dealkylation sites (tertiary alicyclic amines) is 1. The monoisotopic (exact) mass is 481 g/mol. The normalized spacial score (nSPS) is 19.8. The van der Waals surface area contributed by atoms with E-state index >= 15 is 0 Å². The molecule has 0 aromatic heterocycles. The van der Waals surface area contributed by atoms with Gasteiger partial charge in [-0.05, 0) is 56.5 Å². The van der Waals surface area contributed by atoms with E-state index in [0.717, 1.165) is 24.4 Å². The number of nitrogens with zero attached hydrogens (tertiary/aromatic N) is 2. The first-order valence-electron chi connectivity index (χ1n) is 12.1. The lowest BCUT2D eigenvalue weighted by Crippen LogP contribution is -2.44. The number of halogens is 1. The van der Waals surface area contributed by atoms with E-state index in [9.17, 15) is 14.0 Å². The number of piperidine rings is 1. The van der Waals surface area contributed by atoms with Gasteiger partial charge in [-0.1, -0.05) is 55.4 Å². The Bertz CT molecular complexity index is 1060. The highest BCUT2D eigenvalue weighted by atomic mass is 32.2. The second-order valence-electron chi connectivity index (χ2n) is 8.79. The maximum absolute atomic E-state index is 14.2. The van der Waals surface area contributed by atoms with E-state index in [1.165, 1.54) is 48.4 Å². The Labute approximate surface area is 205 Å². The molecule has 180 valence electrons. The molecule has 2 aromatic rings. The van der Waals surface area contributed by atoms with Crippen LogP contribution in [-0.2, 0) is 9.59 Å². The summed E-state index contributed by atoms with van der Waals surface area (Å²) in [4.78, 5) is 31.3. The summed E-state index contributed by atoms with van der Waals surface area (Å²) in [6.45, 7) is 4.89. The number of hydrogen-bond donors (Lipinski definition) is 1. The standard InChI is InChI=1S/C27H32FN3O2S/c1-2-21-11-7-8-16-30(21)17-9-15-29-26(32)19-31-23-13-5-6-14-24(23)34-25(27(31)33)18-20-10-3-4-12-22(20)28/h3-6,10,12-14,18,21H,2,7-9,11,15-17,19H2,1H3,(H,29,32)/b25-18-. The van der Waals surface area contributed by atoms with Gasteiger partial charge in [-0.25, -0.2) is 4.39 Å². The Kier molecular flexibility index (Phi) is 8.40. The highest BCUT2D eigenvalue weighted by Gasteiger charge is 2.30. The first-order valence-corrected chi connectivity index (χ1v) is 12.9. The molecule has 0 spiro atoms. The Balaban J connectivity index is 1.39. The van der Waals surface area contributed by atoms with E-state index in [4.69, 9.17) is 0 Å². The number of para-hydroxylation sites is 1. The lowest BCUT2D eigenvalue weighted by molar-refractivity contribution is -0.122. The molecule has 2 aromatic carbocycles. The van der Waals surface area contributed by atoms with Crippen molar-refractivity contribution in [2.75, 3.05) is 31.1 Å². The Morgan fingerprint density at radius 2 is 1.97 bits per heavy atom. The molecule has 2 heterocycles. The summed E-state index contributed by atoms with van der Waals surface area (Å²) in [6, 6.07) is 14.5. The summed E-state index contributed by atoms with van der Waals surface area (Å²) in [7, 11) is 0. The van der Waals surface area contributed by atoms with Gasteiger partial charge in [0.1, 0.15) is 12.4 Å². The van der Waals surface area contributed by atoms with Crippen LogP contribution in [0.4, 0.5) is 10.1 Å². The van der Waals surface area contributed by atoms with Gasteiger partial charge < -0.3 is 10.2 Å². The van der Waals surface area contributed by atoms with E-state index in [1.807, 2.05) is 24.3 Å². The fraction of sp³-hybridized carbons (Fsp3) is 0.407. The predicted octanol–water partition coefficient (Wildman–Crippen LogP) is 5.08. The van der Waals surface area contributed by atoms with Crippen molar-refractivity contribution in [2.45, 2.75) is 50.0 Å². The van der Waals surface area contributed by atoms with E-state index in [1.54, 1.807) is 24.3 Å². The molecular formula is C27H32FN3O2S. The SMILES string of the molecule is CCC1CCCCN1CCCNC(=O)CN1C(=O)/C(=C/c2ccccc2F)Sc2ccccc21. The van der Waals surface area contributed by atoms with Gasteiger partial charge >= 0.3 is 0 Å². The van der Waals surface area contributed by atoms with Crippen LogP contribution in [0.1, 0.15) is 44.6 Å². The molecule has 2 aliphatic heterocycles. The average molecular weight is 482 g/mol. The molecule has 34 heavy (non-hydrogen) atoms. The maximum atomic E-state index is 14.2. The molecule has 0 radical (unpaired) electrons. The summed E-state index contributed by atoms with van der Waals surface area (Å²) in [6.07, 6.45) is 7.44. The van der Waals surface area contributed by atoms with Gasteiger partial charge in [-0.2, -0.15) is 0 Å². The third kappa shape index (κ3) is 5.88. The third-order valence-electron chi connectivity index (χ3n) is 6.49. The highest BCUT2D eigenvalue weighted by Crippen LogP contribution is 2.42. The van der Waals surface area contributed by atoms with Crippen LogP contribution in [-0.4, -0.2) is 48.9 Å². The number of thioether (sulfide) groups is 1. The molecular weight excluding hydrogens is 449 g/mol. The number of amides is 2. The minimum atomic E-state index is -0.384. The highest BCUT2D eigenvalue weighted by molar-refractivity contribution is 8.04. The second kappa shape index (κ2) is 11.7. The fourth-order valence-corrected chi connectivity index (χ4v) is 5.73. The molecule has 1 fully saturated rings. The first kappa shape index (κ1) is 24.5. The van der Waals surface area contributed by atoms with Crippen molar-refractivity contribution in [1.82, 2.24) is 10.2 Å². The molecule has 1 unspecified atom stereocenters. The number of fused-ring (bicyclic) bond motifs is 1.